The van der Waals surface area contributed by atoms with Crippen LogP contribution < -0.4 is 0 Å². The fraction of sp³-hybridized carbons (Fsp3) is 0.750. The molecule has 0 radical (unpaired) electrons. The molecular formula is C16H24N2O7S. The number of hydrogen-bond donors (Lipinski definition) is 0. The zero-order valence-corrected chi connectivity index (χ0v) is 16.3. The van der Waals surface area contributed by atoms with Crippen molar-refractivity contribution >= 4 is 34.8 Å². The van der Waals surface area contributed by atoms with Gasteiger partial charge in [0.1, 0.15) is 24.2 Å². The Balaban J connectivity index is 2.31. The van der Waals surface area contributed by atoms with E-state index in [1.165, 1.54) is 32.5 Å². The van der Waals surface area contributed by atoms with E-state index in [4.69, 9.17) is 18.9 Å². The molecule has 0 aromatic heterocycles. The van der Waals surface area contributed by atoms with Gasteiger partial charge in [-0.15, -0.1) is 0 Å². The molecule has 2 rings (SSSR count). The zero-order valence-electron chi connectivity index (χ0n) is 15.5. The third kappa shape index (κ3) is 4.88. The van der Waals surface area contributed by atoms with Gasteiger partial charge in [0.05, 0.1) is 0 Å². The second-order valence-electron chi connectivity index (χ2n) is 6.03. The number of esters is 3. The van der Waals surface area contributed by atoms with Gasteiger partial charge in [-0.1, -0.05) is 11.8 Å². The molecule has 0 spiro atoms. The SMILES string of the molecule is CCN(C)C1=N[C@@H]2[C@@H](OC(C)=O)[C@H](OC(C)=O)[C@@H](COC(C)=O)O[C@@H]2S1. The molecule has 0 saturated carbocycles. The topological polar surface area (TPSA) is 104 Å². The number of amidine groups is 1. The summed E-state index contributed by atoms with van der Waals surface area (Å²) < 4.78 is 21.8. The number of aliphatic imine (C=N–C) groups is 1. The van der Waals surface area contributed by atoms with Crippen molar-refractivity contribution in [3.05, 3.63) is 0 Å². The van der Waals surface area contributed by atoms with Crippen LogP contribution in [0.15, 0.2) is 4.99 Å². The van der Waals surface area contributed by atoms with Crippen molar-refractivity contribution in [3.8, 4) is 0 Å². The fourth-order valence-corrected chi connectivity index (χ4v) is 3.96. The highest BCUT2D eigenvalue weighted by atomic mass is 32.2. The summed E-state index contributed by atoms with van der Waals surface area (Å²) in [5.74, 6) is -1.55. The zero-order chi connectivity index (χ0) is 19.4. The first-order chi connectivity index (χ1) is 12.2. The van der Waals surface area contributed by atoms with Gasteiger partial charge in [-0.2, -0.15) is 0 Å². The van der Waals surface area contributed by atoms with Crippen molar-refractivity contribution in [1.29, 1.82) is 0 Å². The Bertz CT molecular complexity index is 597. The van der Waals surface area contributed by atoms with Crippen LogP contribution in [0.4, 0.5) is 0 Å². The first kappa shape index (κ1) is 20.5. The smallest absolute Gasteiger partial charge is 0.303 e. The van der Waals surface area contributed by atoms with Gasteiger partial charge in [0.25, 0.3) is 0 Å². The molecule has 1 fully saturated rings. The quantitative estimate of drug-likeness (QED) is 0.493. The normalized spacial score (nSPS) is 30.0. The summed E-state index contributed by atoms with van der Waals surface area (Å²) in [7, 11) is 1.89. The summed E-state index contributed by atoms with van der Waals surface area (Å²) in [6.07, 6.45) is -2.51. The van der Waals surface area contributed by atoms with Crippen LogP contribution in [-0.4, -0.2) is 78.0 Å². The minimum absolute atomic E-state index is 0.117. The van der Waals surface area contributed by atoms with Crippen molar-refractivity contribution in [2.75, 3.05) is 20.2 Å². The lowest BCUT2D eigenvalue weighted by atomic mass is 9.98. The number of nitrogens with zero attached hydrogens (tertiary/aromatic N) is 2. The molecule has 0 aliphatic carbocycles. The first-order valence-corrected chi connectivity index (χ1v) is 9.19. The van der Waals surface area contributed by atoms with E-state index in [1.54, 1.807) is 0 Å². The van der Waals surface area contributed by atoms with E-state index < -0.39 is 47.7 Å². The predicted molar refractivity (Wildman–Crippen MR) is 93.5 cm³/mol. The van der Waals surface area contributed by atoms with Crippen molar-refractivity contribution in [1.82, 2.24) is 4.90 Å². The van der Waals surface area contributed by atoms with E-state index in [0.717, 1.165) is 11.7 Å². The van der Waals surface area contributed by atoms with Crippen LogP contribution in [0.5, 0.6) is 0 Å². The Morgan fingerprint density at radius 2 is 1.73 bits per heavy atom. The lowest BCUT2D eigenvalue weighted by Crippen LogP contribution is -2.59. The first-order valence-electron chi connectivity index (χ1n) is 8.31. The van der Waals surface area contributed by atoms with E-state index in [1.807, 2.05) is 18.9 Å². The van der Waals surface area contributed by atoms with Gasteiger partial charge < -0.3 is 23.8 Å². The molecule has 26 heavy (non-hydrogen) atoms. The van der Waals surface area contributed by atoms with E-state index in [-0.39, 0.29) is 6.61 Å². The summed E-state index contributed by atoms with van der Waals surface area (Å²) >= 11 is 1.40. The fourth-order valence-electron chi connectivity index (χ4n) is 2.71. The Hall–Kier alpha value is -1.81. The molecule has 0 aromatic rings. The molecule has 0 amide bonds. The maximum Gasteiger partial charge on any atom is 0.303 e. The van der Waals surface area contributed by atoms with Gasteiger partial charge in [-0.25, -0.2) is 0 Å². The lowest BCUT2D eigenvalue weighted by Gasteiger charge is -2.41. The second-order valence-corrected chi connectivity index (χ2v) is 7.09. The number of thioether (sulfide) groups is 1. The average Bonchev–Trinajstić information content (AvgIpc) is 2.97. The number of fused-ring (bicyclic) bond motifs is 1. The maximum absolute atomic E-state index is 11.6. The molecule has 0 N–H and O–H groups in total. The van der Waals surface area contributed by atoms with E-state index in [0.29, 0.717) is 0 Å². The van der Waals surface area contributed by atoms with Gasteiger partial charge >= 0.3 is 17.9 Å². The van der Waals surface area contributed by atoms with Crippen molar-refractivity contribution in [2.24, 2.45) is 4.99 Å². The highest BCUT2D eigenvalue weighted by molar-refractivity contribution is 8.14. The molecule has 5 atom stereocenters. The third-order valence-corrected chi connectivity index (χ3v) is 5.20. The molecule has 9 nitrogen and oxygen atoms in total. The molecule has 146 valence electrons. The van der Waals surface area contributed by atoms with Crippen molar-refractivity contribution < 1.29 is 33.3 Å². The van der Waals surface area contributed by atoms with E-state index >= 15 is 0 Å². The van der Waals surface area contributed by atoms with Gasteiger partial charge in [0.2, 0.25) is 0 Å². The number of hydrogen-bond acceptors (Lipinski definition) is 10. The van der Waals surface area contributed by atoms with Crippen LogP contribution in [0.25, 0.3) is 0 Å². The van der Waals surface area contributed by atoms with E-state index in [9.17, 15) is 14.4 Å². The monoisotopic (exact) mass is 388 g/mol. The predicted octanol–water partition coefficient (Wildman–Crippen LogP) is 0.561. The molecule has 0 unspecified atom stereocenters. The number of carbonyl (C=O) groups is 3. The molecule has 0 aromatic carbocycles. The molecule has 2 aliphatic rings. The molecule has 10 heteroatoms. The summed E-state index contributed by atoms with van der Waals surface area (Å²) in [6, 6.07) is -0.522. The number of ether oxygens (including phenoxy) is 4. The van der Waals surface area contributed by atoms with Gasteiger partial charge in [-0.05, 0) is 6.92 Å². The second kappa shape index (κ2) is 8.72. The van der Waals surface area contributed by atoms with Gasteiger partial charge in [0, 0.05) is 34.4 Å². The maximum atomic E-state index is 11.6. The van der Waals surface area contributed by atoms with Crippen LogP contribution in [0.2, 0.25) is 0 Å². The van der Waals surface area contributed by atoms with Crippen LogP contribution in [0.3, 0.4) is 0 Å². The van der Waals surface area contributed by atoms with Gasteiger partial charge in [0.15, 0.2) is 17.4 Å². The summed E-state index contributed by atoms with van der Waals surface area (Å²) in [4.78, 5) is 40.9. The molecule has 2 heterocycles. The van der Waals surface area contributed by atoms with Crippen LogP contribution in [0.1, 0.15) is 27.7 Å². The highest BCUT2D eigenvalue weighted by Gasteiger charge is 2.53. The number of carbonyl (C=O) groups excluding carboxylic acids is 3. The Morgan fingerprint density at radius 1 is 1.12 bits per heavy atom. The highest BCUT2D eigenvalue weighted by Crippen LogP contribution is 2.39. The molecule has 2 aliphatic heterocycles. The van der Waals surface area contributed by atoms with Crippen LogP contribution >= 0.6 is 11.8 Å². The molecule has 1 saturated heterocycles. The third-order valence-electron chi connectivity index (χ3n) is 3.95. The Labute approximate surface area is 156 Å². The van der Waals surface area contributed by atoms with Crippen molar-refractivity contribution in [2.45, 2.75) is 57.5 Å². The Morgan fingerprint density at radius 3 is 2.27 bits per heavy atom. The summed E-state index contributed by atoms with van der Waals surface area (Å²) in [5.41, 5.74) is -0.435. The van der Waals surface area contributed by atoms with Crippen LogP contribution in [-0.2, 0) is 33.3 Å². The van der Waals surface area contributed by atoms with Gasteiger partial charge in [-0.3, -0.25) is 19.4 Å². The summed E-state index contributed by atoms with van der Waals surface area (Å²) in [5, 5.41) is 0.745. The van der Waals surface area contributed by atoms with Crippen molar-refractivity contribution in [3.63, 3.8) is 0 Å². The average molecular weight is 388 g/mol. The Kier molecular flexibility index (Phi) is 6.87. The largest absolute Gasteiger partial charge is 0.463 e. The van der Waals surface area contributed by atoms with Crippen LogP contribution in [0, 0.1) is 0 Å². The molecular weight excluding hydrogens is 364 g/mol. The number of rotatable bonds is 5. The van der Waals surface area contributed by atoms with E-state index in [2.05, 4.69) is 4.99 Å². The molecule has 0 bridgehead atoms. The minimum atomic E-state index is -0.923. The summed E-state index contributed by atoms with van der Waals surface area (Å²) in [6.45, 7) is 6.42. The lowest BCUT2D eigenvalue weighted by molar-refractivity contribution is -0.208. The minimum Gasteiger partial charge on any atom is -0.463 e. The standard InChI is InChI=1S/C16H24N2O7S/c1-6-18(5)16-17-12-14(24-10(4)21)13(23-9(3)20)11(7-22-8(2)19)25-15(12)26-16/h11-15H,6-7H2,1-5H3/t11-,12-,13-,14-,15-/m1/s1.